The number of fused-ring (bicyclic) bond motifs is 1. The Hall–Kier alpha value is -3.03. The third-order valence-corrected chi connectivity index (χ3v) is 5.61. The number of nitriles is 1. The Labute approximate surface area is 179 Å². The number of pyridine rings is 1. The first-order valence-electron chi connectivity index (χ1n) is 9.48. The topological polar surface area (TPSA) is 107 Å². The molecule has 0 amide bonds. The molecule has 4 rings (SSSR count). The number of aliphatic hydroxyl groups excluding tert-OH is 1. The van der Waals surface area contributed by atoms with E-state index in [9.17, 15) is 28.3 Å². The van der Waals surface area contributed by atoms with Crippen LogP contribution in [0.1, 0.15) is 37.0 Å². The van der Waals surface area contributed by atoms with Crippen LogP contribution >= 0.6 is 11.6 Å². The number of halogens is 4. The Balaban J connectivity index is 1.73. The number of anilines is 2. The Morgan fingerprint density at radius 1 is 1.39 bits per heavy atom. The van der Waals surface area contributed by atoms with E-state index in [1.54, 1.807) is 10.7 Å². The summed E-state index contributed by atoms with van der Waals surface area (Å²) in [6.45, 7) is 0. The molecule has 2 heterocycles. The lowest BCUT2D eigenvalue weighted by atomic mass is 10.1. The average Bonchev–Trinajstić information content (AvgIpc) is 3.48. The molecule has 1 saturated carbocycles. The largest absolute Gasteiger partial charge is 0.418 e. The number of aliphatic hydroxyl groups is 1. The highest BCUT2D eigenvalue weighted by Crippen LogP contribution is 2.43. The summed E-state index contributed by atoms with van der Waals surface area (Å²) in [5.74, 6) is 0.494. The molecule has 3 aromatic rings. The van der Waals surface area contributed by atoms with Gasteiger partial charge >= 0.3 is 6.18 Å². The van der Waals surface area contributed by atoms with E-state index in [2.05, 4.69) is 21.5 Å². The Bertz CT molecular complexity index is 1230. The van der Waals surface area contributed by atoms with Gasteiger partial charge in [0, 0.05) is 22.5 Å². The molecule has 2 aromatic heterocycles. The van der Waals surface area contributed by atoms with Crippen LogP contribution in [-0.4, -0.2) is 26.0 Å². The summed E-state index contributed by atoms with van der Waals surface area (Å²) in [6, 6.07) is 7.27. The summed E-state index contributed by atoms with van der Waals surface area (Å²) < 4.78 is 40.0. The SMILES string of the molecule is N#CC[C@@H](C1CC1)n1nc(Nc2ccc([C@H](O)C(F)(F)F)c(Cl)c2)c2c(=O)[nH]ccc21. The van der Waals surface area contributed by atoms with Crippen molar-refractivity contribution < 1.29 is 18.3 Å². The van der Waals surface area contributed by atoms with Crippen molar-refractivity contribution in [3.8, 4) is 6.07 Å². The van der Waals surface area contributed by atoms with E-state index in [0.29, 0.717) is 17.1 Å². The second kappa shape index (κ2) is 7.90. The lowest BCUT2D eigenvalue weighted by Crippen LogP contribution is -2.20. The first-order chi connectivity index (χ1) is 14.7. The van der Waals surface area contributed by atoms with Crippen molar-refractivity contribution in [3.63, 3.8) is 0 Å². The molecule has 2 atom stereocenters. The Morgan fingerprint density at radius 3 is 2.74 bits per heavy atom. The molecule has 7 nitrogen and oxygen atoms in total. The fourth-order valence-corrected chi connectivity index (χ4v) is 3.89. The summed E-state index contributed by atoms with van der Waals surface area (Å²) >= 11 is 5.96. The standard InChI is InChI=1S/C20H17ClF3N5O2/c21-13-9-11(3-4-12(13)17(30)20(22,23)24)27-18-16-15(6-8-26-19(16)31)29(28-18)14(5-7-25)10-1-2-10/h3-4,6,8-10,14,17,30H,1-2,5H2,(H,26,31)(H,27,28)/t14-,17-/m0/s1. The predicted molar refractivity (Wildman–Crippen MR) is 108 cm³/mol. The molecule has 1 aliphatic carbocycles. The molecule has 3 N–H and O–H groups in total. The molecule has 0 bridgehead atoms. The van der Waals surface area contributed by atoms with Crippen LogP contribution in [-0.2, 0) is 0 Å². The van der Waals surface area contributed by atoms with E-state index in [4.69, 9.17) is 11.6 Å². The van der Waals surface area contributed by atoms with Crippen LogP contribution < -0.4 is 10.9 Å². The molecule has 0 saturated heterocycles. The van der Waals surface area contributed by atoms with E-state index in [-0.39, 0.29) is 28.7 Å². The number of aromatic amines is 1. The summed E-state index contributed by atoms with van der Waals surface area (Å²) in [6.07, 6.45) is -3.88. The minimum Gasteiger partial charge on any atom is -0.379 e. The van der Waals surface area contributed by atoms with Gasteiger partial charge in [-0.1, -0.05) is 17.7 Å². The Morgan fingerprint density at radius 2 is 2.13 bits per heavy atom. The highest BCUT2D eigenvalue weighted by Gasteiger charge is 2.40. The zero-order valence-corrected chi connectivity index (χ0v) is 16.7. The van der Waals surface area contributed by atoms with Crippen LogP contribution in [0.4, 0.5) is 24.7 Å². The summed E-state index contributed by atoms with van der Waals surface area (Å²) in [4.78, 5) is 15.1. The van der Waals surface area contributed by atoms with Crippen molar-refractivity contribution in [2.24, 2.45) is 5.92 Å². The number of hydrogen-bond donors (Lipinski definition) is 3. The van der Waals surface area contributed by atoms with Gasteiger partial charge in [0.1, 0.15) is 5.39 Å². The van der Waals surface area contributed by atoms with E-state index < -0.39 is 23.4 Å². The molecule has 1 aromatic carbocycles. The minimum atomic E-state index is -4.85. The maximum absolute atomic E-state index is 12.8. The molecular weight excluding hydrogens is 435 g/mol. The third-order valence-electron chi connectivity index (χ3n) is 5.28. The van der Waals surface area contributed by atoms with Crippen molar-refractivity contribution in [3.05, 3.63) is 51.4 Å². The molecule has 1 fully saturated rings. The van der Waals surface area contributed by atoms with Gasteiger partial charge in [-0.25, -0.2) is 0 Å². The fraction of sp³-hybridized carbons (Fsp3) is 0.350. The minimum absolute atomic E-state index is 0.183. The molecule has 162 valence electrons. The van der Waals surface area contributed by atoms with Crippen molar-refractivity contribution in [1.82, 2.24) is 14.8 Å². The summed E-state index contributed by atoms with van der Waals surface area (Å²) in [5.41, 5.74) is -0.0291. The van der Waals surface area contributed by atoms with Gasteiger partial charge in [-0.15, -0.1) is 0 Å². The van der Waals surface area contributed by atoms with E-state index in [1.807, 2.05) is 0 Å². The zero-order valence-electron chi connectivity index (χ0n) is 15.9. The monoisotopic (exact) mass is 451 g/mol. The van der Waals surface area contributed by atoms with Crippen LogP contribution in [0.15, 0.2) is 35.3 Å². The maximum atomic E-state index is 12.8. The van der Waals surface area contributed by atoms with Gasteiger partial charge in [0.2, 0.25) is 0 Å². The number of aromatic nitrogens is 3. The molecule has 0 spiro atoms. The quantitative estimate of drug-likeness (QED) is 0.508. The third kappa shape index (κ3) is 4.11. The summed E-state index contributed by atoms with van der Waals surface area (Å²) in [5, 5.41) is 26.1. The van der Waals surface area contributed by atoms with E-state index in [0.717, 1.165) is 18.9 Å². The highest BCUT2D eigenvalue weighted by molar-refractivity contribution is 6.31. The van der Waals surface area contributed by atoms with Gasteiger partial charge in [0.25, 0.3) is 5.56 Å². The van der Waals surface area contributed by atoms with Crippen LogP contribution in [0.5, 0.6) is 0 Å². The molecule has 0 unspecified atom stereocenters. The van der Waals surface area contributed by atoms with E-state index in [1.165, 1.54) is 18.3 Å². The van der Waals surface area contributed by atoms with Crippen molar-refractivity contribution in [2.45, 2.75) is 37.6 Å². The number of benzene rings is 1. The second-order valence-corrected chi connectivity index (χ2v) is 7.84. The summed E-state index contributed by atoms with van der Waals surface area (Å²) in [7, 11) is 0. The van der Waals surface area contributed by atoms with Gasteiger partial charge in [-0.3, -0.25) is 9.48 Å². The fourth-order valence-electron chi connectivity index (χ4n) is 3.61. The lowest BCUT2D eigenvalue weighted by Gasteiger charge is -2.17. The number of alkyl halides is 3. The van der Waals surface area contributed by atoms with Crippen molar-refractivity contribution >= 4 is 34.0 Å². The van der Waals surface area contributed by atoms with Crippen LogP contribution in [0.2, 0.25) is 5.02 Å². The molecular formula is C20H17ClF3N5O2. The molecule has 1 aliphatic rings. The zero-order chi connectivity index (χ0) is 22.3. The number of rotatable bonds is 6. The second-order valence-electron chi connectivity index (χ2n) is 7.43. The van der Waals surface area contributed by atoms with E-state index >= 15 is 0 Å². The predicted octanol–water partition coefficient (Wildman–Crippen LogP) is 4.58. The van der Waals surface area contributed by atoms with Crippen LogP contribution in [0.3, 0.4) is 0 Å². The van der Waals surface area contributed by atoms with Gasteiger partial charge in [0.05, 0.1) is 24.0 Å². The molecule has 0 radical (unpaired) electrons. The average molecular weight is 452 g/mol. The van der Waals surface area contributed by atoms with Crippen LogP contribution in [0, 0.1) is 17.2 Å². The first-order valence-corrected chi connectivity index (χ1v) is 9.86. The van der Waals surface area contributed by atoms with Gasteiger partial charge in [-0.2, -0.15) is 23.5 Å². The van der Waals surface area contributed by atoms with Gasteiger partial charge < -0.3 is 15.4 Å². The van der Waals surface area contributed by atoms with Gasteiger partial charge in [-0.05, 0) is 37.0 Å². The lowest BCUT2D eigenvalue weighted by molar-refractivity contribution is -0.206. The number of nitrogens with zero attached hydrogens (tertiary/aromatic N) is 3. The number of hydrogen-bond acceptors (Lipinski definition) is 5. The van der Waals surface area contributed by atoms with Crippen molar-refractivity contribution in [1.29, 1.82) is 5.26 Å². The van der Waals surface area contributed by atoms with Gasteiger partial charge in [0.15, 0.2) is 11.9 Å². The number of nitrogens with one attached hydrogen (secondary N) is 2. The van der Waals surface area contributed by atoms with Crippen LogP contribution in [0.25, 0.3) is 10.9 Å². The molecule has 11 heteroatoms. The first kappa shape index (κ1) is 21.2. The molecule has 31 heavy (non-hydrogen) atoms. The number of H-pyrrole nitrogens is 1. The maximum Gasteiger partial charge on any atom is 0.418 e. The Kier molecular flexibility index (Phi) is 5.41. The normalized spacial score (nSPS) is 16.1. The van der Waals surface area contributed by atoms with Crippen molar-refractivity contribution in [2.75, 3.05) is 5.32 Å². The molecule has 0 aliphatic heterocycles. The smallest absolute Gasteiger partial charge is 0.379 e. The highest BCUT2D eigenvalue weighted by atomic mass is 35.5.